The predicted molar refractivity (Wildman–Crippen MR) is 44.9 cm³/mol. The van der Waals surface area contributed by atoms with Crippen molar-refractivity contribution in [3.05, 3.63) is 0 Å². The Bertz CT molecular complexity index is 65.9. The van der Waals surface area contributed by atoms with Gasteiger partial charge >= 0.3 is 0 Å². The summed E-state index contributed by atoms with van der Waals surface area (Å²) in [5.41, 5.74) is 3.21. The summed E-state index contributed by atoms with van der Waals surface area (Å²) in [4.78, 5) is 0. The fraction of sp³-hybridized carbons (Fsp3) is 1.00. The second-order valence-electron chi connectivity index (χ2n) is 2.39. The quantitative estimate of drug-likeness (QED) is 0.408. The molecule has 0 aromatic rings. The average Bonchev–Trinajstić information content (AvgIpc) is 1.89. The Balaban J connectivity index is 2.97. The molecule has 10 heavy (non-hydrogen) atoms. The van der Waals surface area contributed by atoms with Crippen molar-refractivity contribution in [3.8, 4) is 0 Å². The monoisotopic (exact) mass is 145 g/mol. The molecule has 3 heteroatoms. The van der Waals surface area contributed by atoms with E-state index in [1.165, 1.54) is 6.42 Å². The fourth-order valence-electron chi connectivity index (χ4n) is 0.842. The molecule has 0 aliphatic carbocycles. The Morgan fingerprint density at radius 3 is 2.60 bits per heavy atom. The molecule has 0 amide bonds. The van der Waals surface area contributed by atoms with Crippen molar-refractivity contribution in [3.63, 3.8) is 0 Å². The Labute approximate surface area is 63.8 Å². The number of rotatable bonds is 6. The van der Waals surface area contributed by atoms with Crippen molar-refractivity contribution in [1.29, 1.82) is 0 Å². The molecule has 0 fully saturated rings. The van der Waals surface area contributed by atoms with Gasteiger partial charge in [0.25, 0.3) is 0 Å². The molecular weight excluding hydrogens is 126 g/mol. The SMILES string of the molecule is CCNN(C)CCCNC. The molecule has 0 rings (SSSR count). The van der Waals surface area contributed by atoms with Crippen molar-refractivity contribution in [2.45, 2.75) is 13.3 Å². The first kappa shape index (κ1) is 9.88. The largest absolute Gasteiger partial charge is 0.320 e. The van der Waals surface area contributed by atoms with Crippen LogP contribution in [0.25, 0.3) is 0 Å². The van der Waals surface area contributed by atoms with E-state index in [0.29, 0.717) is 0 Å². The zero-order valence-electron chi connectivity index (χ0n) is 7.28. The molecule has 62 valence electrons. The molecular formula is C7H19N3. The van der Waals surface area contributed by atoms with Crippen LogP contribution < -0.4 is 10.7 Å². The summed E-state index contributed by atoms with van der Waals surface area (Å²) in [6, 6.07) is 0. The summed E-state index contributed by atoms with van der Waals surface area (Å²) in [6.07, 6.45) is 1.19. The summed E-state index contributed by atoms with van der Waals surface area (Å²) in [6.45, 7) is 5.31. The highest BCUT2D eigenvalue weighted by Crippen LogP contribution is 1.79. The summed E-state index contributed by atoms with van der Waals surface area (Å²) in [5, 5.41) is 5.23. The first-order valence-corrected chi connectivity index (χ1v) is 3.90. The molecule has 0 saturated carbocycles. The highest BCUT2D eigenvalue weighted by Gasteiger charge is 1.92. The summed E-state index contributed by atoms with van der Waals surface area (Å²) >= 11 is 0. The minimum absolute atomic E-state index is 1.01. The lowest BCUT2D eigenvalue weighted by atomic mass is 10.4. The molecule has 0 atom stereocenters. The number of hydrogen-bond acceptors (Lipinski definition) is 3. The number of hydrogen-bond donors (Lipinski definition) is 2. The lowest BCUT2D eigenvalue weighted by Crippen LogP contribution is -2.35. The Hall–Kier alpha value is -0.120. The minimum Gasteiger partial charge on any atom is -0.320 e. The van der Waals surface area contributed by atoms with Crippen LogP contribution in [0.15, 0.2) is 0 Å². The molecule has 0 saturated heterocycles. The maximum atomic E-state index is 3.21. The maximum absolute atomic E-state index is 3.21. The van der Waals surface area contributed by atoms with Gasteiger partial charge in [-0.1, -0.05) is 6.92 Å². The average molecular weight is 145 g/mol. The van der Waals surface area contributed by atoms with Crippen LogP contribution >= 0.6 is 0 Å². The summed E-state index contributed by atoms with van der Waals surface area (Å²) < 4.78 is 0. The summed E-state index contributed by atoms with van der Waals surface area (Å²) in [5.74, 6) is 0. The molecule has 0 aromatic heterocycles. The number of nitrogens with one attached hydrogen (secondary N) is 2. The van der Waals surface area contributed by atoms with Crippen molar-refractivity contribution in [1.82, 2.24) is 15.8 Å². The molecule has 3 nitrogen and oxygen atoms in total. The van der Waals surface area contributed by atoms with Crippen molar-refractivity contribution in [2.24, 2.45) is 0 Å². The predicted octanol–water partition coefficient (Wildman–Crippen LogP) is 0.0522. The first-order valence-electron chi connectivity index (χ1n) is 3.90. The lowest BCUT2D eigenvalue weighted by Gasteiger charge is -2.16. The van der Waals surface area contributed by atoms with Crippen LogP contribution in [0, 0.1) is 0 Å². The highest BCUT2D eigenvalue weighted by molar-refractivity contribution is 4.46. The van der Waals surface area contributed by atoms with Crippen LogP contribution in [0.3, 0.4) is 0 Å². The van der Waals surface area contributed by atoms with Gasteiger partial charge in [-0.25, -0.2) is 5.01 Å². The zero-order chi connectivity index (χ0) is 7.82. The van der Waals surface area contributed by atoms with E-state index < -0.39 is 0 Å². The van der Waals surface area contributed by atoms with Gasteiger partial charge in [0.2, 0.25) is 0 Å². The zero-order valence-corrected chi connectivity index (χ0v) is 7.28. The van der Waals surface area contributed by atoms with E-state index in [9.17, 15) is 0 Å². The van der Waals surface area contributed by atoms with E-state index in [0.717, 1.165) is 19.6 Å². The van der Waals surface area contributed by atoms with E-state index in [-0.39, 0.29) is 0 Å². The smallest absolute Gasteiger partial charge is 0.0139 e. The molecule has 0 aliphatic heterocycles. The van der Waals surface area contributed by atoms with Crippen LogP contribution in [-0.2, 0) is 0 Å². The fourth-order valence-corrected chi connectivity index (χ4v) is 0.842. The Kier molecular flexibility index (Phi) is 6.91. The second-order valence-corrected chi connectivity index (χ2v) is 2.39. The molecule has 0 aliphatic rings. The molecule has 0 aromatic carbocycles. The van der Waals surface area contributed by atoms with Crippen molar-refractivity contribution < 1.29 is 0 Å². The van der Waals surface area contributed by atoms with Gasteiger partial charge in [-0.2, -0.15) is 0 Å². The van der Waals surface area contributed by atoms with Crippen LogP contribution in [0.2, 0.25) is 0 Å². The third-order valence-electron chi connectivity index (χ3n) is 1.35. The van der Waals surface area contributed by atoms with Gasteiger partial charge < -0.3 is 5.32 Å². The van der Waals surface area contributed by atoms with Gasteiger partial charge in [-0.05, 0) is 20.0 Å². The van der Waals surface area contributed by atoms with Crippen molar-refractivity contribution >= 4 is 0 Å². The van der Waals surface area contributed by atoms with E-state index >= 15 is 0 Å². The normalized spacial score (nSPS) is 10.8. The van der Waals surface area contributed by atoms with Gasteiger partial charge in [0.1, 0.15) is 0 Å². The Morgan fingerprint density at radius 1 is 1.40 bits per heavy atom. The molecule has 0 radical (unpaired) electrons. The third kappa shape index (κ3) is 6.01. The second kappa shape index (κ2) is 6.99. The third-order valence-corrected chi connectivity index (χ3v) is 1.35. The van der Waals surface area contributed by atoms with Gasteiger partial charge in [0, 0.05) is 20.1 Å². The highest BCUT2D eigenvalue weighted by atomic mass is 15.5. The van der Waals surface area contributed by atoms with Crippen LogP contribution in [0.1, 0.15) is 13.3 Å². The first-order chi connectivity index (χ1) is 4.81. The molecule has 2 N–H and O–H groups in total. The van der Waals surface area contributed by atoms with E-state index in [1.807, 2.05) is 7.05 Å². The van der Waals surface area contributed by atoms with Crippen LogP contribution in [-0.4, -0.2) is 38.7 Å². The minimum atomic E-state index is 1.01. The van der Waals surface area contributed by atoms with E-state index in [1.54, 1.807) is 0 Å². The van der Waals surface area contributed by atoms with Gasteiger partial charge in [0.05, 0.1) is 0 Å². The number of hydrazine groups is 1. The lowest BCUT2D eigenvalue weighted by molar-refractivity contribution is 0.238. The molecule has 0 bridgehead atoms. The van der Waals surface area contributed by atoms with E-state index in [4.69, 9.17) is 0 Å². The van der Waals surface area contributed by atoms with Crippen molar-refractivity contribution in [2.75, 3.05) is 33.7 Å². The van der Waals surface area contributed by atoms with Crippen LogP contribution in [0.4, 0.5) is 0 Å². The van der Waals surface area contributed by atoms with E-state index in [2.05, 4.69) is 29.7 Å². The molecule has 0 heterocycles. The molecule has 0 unspecified atom stereocenters. The summed E-state index contributed by atoms with van der Waals surface area (Å²) in [7, 11) is 4.05. The maximum Gasteiger partial charge on any atom is 0.0139 e. The topological polar surface area (TPSA) is 27.3 Å². The van der Waals surface area contributed by atoms with Gasteiger partial charge in [-0.3, -0.25) is 5.43 Å². The number of nitrogens with zero attached hydrogens (tertiary/aromatic N) is 1. The van der Waals surface area contributed by atoms with Gasteiger partial charge in [0.15, 0.2) is 0 Å². The van der Waals surface area contributed by atoms with Gasteiger partial charge in [-0.15, -0.1) is 0 Å². The standard InChI is InChI=1S/C7H19N3/c1-4-9-10(3)7-5-6-8-2/h8-9H,4-7H2,1-3H3. The molecule has 0 spiro atoms. The Morgan fingerprint density at radius 2 is 2.10 bits per heavy atom. The van der Waals surface area contributed by atoms with Crippen LogP contribution in [0.5, 0.6) is 0 Å².